The second kappa shape index (κ2) is 6.51. The van der Waals surface area contributed by atoms with Gasteiger partial charge in [-0.1, -0.05) is 12.2 Å². The first-order valence-electron chi connectivity index (χ1n) is 6.77. The molecule has 2 aromatic rings. The summed E-state index contributed by atoms with van der Waals surface area (Å²) in [7, 11) is 0. The van der Waals surface area contributed by atoms with Crippen LogP contribution >= 0.6 is 0 Å². The van der Waals surface area contributed by atoms with E-state index in [2.05, 4.69) is 11.6 Å². The maximum absolute atomic E-state index is 13.4. The molecule has 0 aliphatic carbocycles. The maximum Gasteiger partial charge on any atom is 0.357 e. The Morgan fingerprint density at radius 1 is 1.36 bits per heavy atom. The lowest BCUT2D eigenvalue weighted by Gasteiger charge is -2.10. The molecule has 4 nitrogen and oxygen atoms in total. The highest BCUT2D eigenvalue weighted by Crippen LogP contribution is 2.20. The van der Waals surface area contributed by atoms with Crippen LogP contribution in [0.25, 0.3) is 5.69 Å². The highest BCUT2D eigenvalue weighted by molar-refractivity contribution is 5.89. The van der Waals surface area contributed by atoms with Gasteiger partial charge in [-0.15, -0.1) is 0 Å². The van der Waals surface area contributed by atoms with Gasteiger partial charge in [0.15, 0.2) is 17.3 Å². The molecule has 0 saturated heterocycles. The van der Waals surface area contributed by atoms with Crippen molar-refractivity contribution in [2.75, 3.05) is 6.61 Å². The van der Waals surface area contributed by atoms with Crippen molar-refractivity contribution < 1.29 is 18.3 Å². The number of imidazole rings is 1. The van der Waals surface area contributed by atoms with Crippen LogP contribution in [0.4, 0.5) is 8.78 Å². The van der Waals surface area contributed by atoms with Crippen LogP contribution in [0.3, 0.4) is 0 Å². The standard InChI is InChI=1S/C16H16F2N2O2/c1-4-22-16(21)15-14(7-10(2)3)19-9-20(15)11-5-6-12(17)13(18)8-11/h5-6,8-9H,2,4,7H2,1,3H3. The predicted octanol–water partition coefficient (Wildman–Crippen LogP) is 3.45. The molecule has 0 atom stereocenters. The van der Waals surface area contributed by atoms with Gasteiger partial charge in [-0.05, 0) is 26.0 Å². The molecule has 0 aliphatic rings. The van der Waals surface area contributed by atoms with Gasteiger partial charge in [0.05, 0.1) is 18.0 Å². The van der Waals surface area contributed by atoms with E-state index in [-0.39, 0.29) is 12.3 Å². The molecule has 0 fully saturated rings. The minimum Gasteiger partial charge on any atom is -0.461 e. The third-order valence-corrected chi connectivity index (χ3v) is 2.96. The van der Waals surface area contributed by atoms with E-state index in [1.807, 2.05) is 6.92 Å². The molecule has 0 bridgehead atoms. The maximum atomic E-state index is 13.4. The summed E-state index contributed by atoms with van der Waals surface area (Å²) in [6, 6.07) is 3.37. The van der Waals surface area contributed by atoms with Crippen molar-refractivity contribution in [1.82, 2.24) is 9.55 Å². The van der Waals surface area contributed by atoms with E-state index in [1.165, 1.54) is 17.0 Å². The molecule has 116 valence electrons. The number of allylic oxidation sites excluding steroid dienone is 1. The Morgan fingerprint density at radius 3 is 2.68 bits per heavy atom. The lowest BCUT2D eigenvalue weighted by molar-refractivity contribution is 0.0515. The summed E-state index contributed by atoms with van der Waals surface area (Å²) >= 11 is 0. The molecular formula is C16H16F2N2O2. The van der Waals surface area contributed by atoms with Crippen LogP contribution in [0, 0.1) is 11.6 Å². The molecule has 1 heterocycles. The van der Waals surface area contributed by atoms with E-state index in [0.29, 0.717) is 17.8 Å². The van der Waals surface area contributed by atoms with Gasteiger partial charge >= 0.3 is 5.97 Å². The zero-order valence-electron chi connectivity index (χ0n) is 12.4. The average Bonchev–Trinajstić information content (AvgIpc) is 2.85. The number of nitrogens with zero attached hydrogens (tertiary/aromatic N) is 2. The molecule has 0 saturated carbocycles. The minimum absolute atomic E-state index is 0.191. The van der Waals surface area contributed by atoms with Crippen LogP contribution in [0.15, 0.2) is 36.7 Å². The summed E-state index contributed by atoms with van der Waals surface area (Å²) in [5.74, 6) is -2.52. The molecule has 1 aromatic carbocycles. The van der Waals surface area contributed by atoms with Gasteiger partial charge in [-0.3, -0.25) is 4.57 Å². The first-order valence-corrected chi connectivity index (χ1v) is 6.77. The van der Waals surface area contributed by atoms with Crippen molar-refractivity contribution in [1.29, 1.82) is 0 Å². The summed E-state index contributed by atoms with van der Waals surface area (Å²) in [5.41, 5.74) is 1.79. The third kappa shape index (κ3) is 3.21. The Morgan fingerprint density at radius 2 is 2.09 bits per heavy atom. The van der Waals surface area contributed by atoms with Crippen molar-refractivity contribution in [2.24, 2.45) is 0 Å². The van der Waals surface area contributed by atoms with Crippen molar-refractivity contribution in [3.63, 3.8) is 0 Å². The molecule has 0 aliphatic heterocycles. The number of ether oxygens (including phenoxy) is 1. The van der Waals surface area contributed by atoms with E-state index in [4.69, 9.17) is 4.74 Å². The molecule has 0 unspecified atom stereocenters. The number of hydrogen-bond acceptors (Lipinski definition) is 3. The Balaban J connectivity index is 2.54. The van der Waals surface area contributed by atoms with Crippen molar-refractivity contribution in [3.05, 3.63) is 59.7 Å². The number of carbonyl (C=O) groups excluding carboxylic acids is 1. The summed E-state index contributed by atoms with van der Waals surface area (Å²) < 4.78 is 32.9. The normalized spacial score (nSPS) is 10.5. The van der Waals surface area contributed by atoms with E-state index in [1.54, 1.807) is 6.92 Å². The molecule has 0 spiro atoms. The molecule has 1 aromatic heterocycles. The number of hydrogen-bond donors (Lipinski definition) is 0. The second-order valence-corrected chi connectivity index (χ2v) is 4.86. The van der Waals surface area contributed by atoms with Crippen molar-refractivity contribution in [2.45, 2.75) is 20.3 Å². The van der Waals surface area contributed by atoms with Crippen LogP contribution < -0.4 is 0 Å². The van der Waals surface area contributed by atoms with E-state index in [0.717, 1.165) is 17.7 Å². The average molecular weight is 306 g/mol. The van der Waals surface area contributed by atoms with E-state index < -0.39 is 17.6 Å². The monoisotopic (exact) mass is 306 g/mol. The van der Waals surface area contributed by atoms with Crippen LogP contribution in [0.1, 0.15) is 30.0 Å². The number of carbonyl (C=O) groups is 1. The lowest BCUT2D eigenvalue weighted by Crippen LogP contribution is -2.13. The highest BCUT2D eigenvalue weighted by atomic mass is 19.2. The van der Waals surface area contributed by atoms with Crippen LogP contribution in [0.5, 0.6) is 0 Å². The fourth-order valence-electron chi connectivity index (χ4n) is 2.05. The summed E-state index contributed by atoms with van der Waals surface area (Å²) in [6.07, 6.45) is 1.78. The molecular weight excluding hydrogens is 290 g/mol. The minimum atomic E-state index is -0.998. The Bertz CT molecular complexity index is 723. The SMILES string of the molecule is C=C(C)Cc1ncn(-c2ccc(F)c(F)c2)c1C(=O)OCC. The third-order valence-electron chi connectivity index (χ3n) is 2.96. The first kappa shape index (κ1) is 15.9. The first-order chi connectivity index (χ1) is 10.4. The quantitative estimate of drug-likeness (QED) is 0.628. The predicted molar refractivity (Wildman–Crippen MR) is 78.0 cm³/mol. The van der Waals surface area contributed by atoms with E-state index in [9.17, 15) is 13.6 Å². The molecule has 22 heavy (non-hydrogen) atoms. The number of halogens is 2. The zero-order chi connectivity index (χ0) is 16.3. The van der Waals surface area contributed by atoms with E-state index >= 15 is 0 Å². The van der Waals surface area contributed by atoms with Crippen molar-refractivity contribution >= 4 is 5.97 Å². The van der Waals surface area contributed by atoms with Gasteiger partial charge in [0.1, 0.15) is 6.33 Å². The summed E-state index contributed by atoms with van der Waals surface area (Å²) in [5, 5.41) is 0. The zero-order valence-corrected chi connectivity index (χ0v) is 12.4. The number of rotatable bonds is 5. The van der Waals surface area contributed by atoms with Gasteiger partial charge in [-0.2, -0.15) is 0 Å². The topological polar surface area (TPSA) is 44.1 Å². The molecule has 2 rings (SSSR count). The Labute approximate surface area is 127 Å². The molecule has 0 amide bonds. The van der Waals surface area contributed by atoms with Crippen LogP contribution in [-0.4, -0.2) is 22.1 Å². The smallest absolute Gasteiger partial charge is 0.357 e. The van der Waals surface area contributed by atoms with Gasteiger partial charge in [0, 0.05) is 12.5 Å². The van der Waals surface area contributed by atoms with Crippen LogP contribution in [-0.2, 0) is 11.2 Å². The molecule has 0 radical (unpaired) electrons. The van der Waals surface area contributed by atoms with Gasteiger partial charge in [0.2, 0.25) is 0 Å². The number of benzene rings is 1. The summed E-state index contributed by atoms with van der Waals surface area (Å²) in [6.45, 7) is 7.50. The fourth-order valence-corrected chi connectivity index (χ4v) is 2.05. The molecule has 0 N–H and O–H groups in total. The van der Waals surface area contributed by atoms with Gasteiger partial charge < -0.3 is 4.74 Å². The largest absolute Gasteiger partial charge is 0.461 e. The second-order valence-electron chi connectivity index (χ2n) is 4.86. The lowest BCUT2D eigenvalue weighted by atomic mass is 10.1. The fraction of sp³-hybridized carbons (Fsp3) is 0.250. The Hall–Kier alpha value is -2.50. The number of aromatic nitrogens is 2. The van der Waals surface area contributed by atoms with Crippen molar-refractivity contribution in [3.8, 4) is 5.69 Å². The highest BCUT2D eigenvalue weighted by Gasteiger charge is 2.21. The summed E-state index contributed by atoms with van der Waals surface area (Å²) in [4.78, 5) is 16.3. The molecule has 6 heteroatoms. The Kier molecular flexibility index (Phi) is 4.70. The number of esters is 1. The van der Waals surface area contributed by atoms with Crippen LogP contribution in [0.2, 0.25) is 0 Å². The van der Waals surface area contributed by atoms with Gasteiger partial charge in [0.25, 0.3) is 0 Å². The van der Waals surface area contributed by atoms with Gasteiger partial charge in [-0.25, -0.2) is 18.6 Å².